The Kier molecular flexibility index (Phi) is 6.02. The molecule has 0 saturated heterocycles. The van der Waals surface area contributed by atoms with E-state index >= 15 is 0 Å². The quantitative estimate of drug-likeness (QED) is 0.873. The molecule has 1 N–H and O–H groups in total. The second-order valence-corrected chi connectivity index (χ2v) is 5.35. The van der Waals surface area contributed by atoms with E-state index in [4.69, 9.17) is 5.11 Å². The van der Waals surface area contributed by atoms with Crippen LogP contribution in [0.1, 0.15) is 25.8 Å². The topological polar surface area (TPSA) is 57.6 Å². The third-order valence-corrected chi connectivity index (χ3v) is 3.40. The van der Waals surface area contributed by atoms with Crippen molar-refractivity contribution < 1.29 is 14.7 Å². The van der Waals surface area contributed by atoms with Crippen molar-refractivity contribution in [3.8, 4) is 0 Å². The van der Waals surface area contributed by atoms with Crippen molar-refractivity contribution in [3.05, 3.63) is 34.3 Å². The first-order valence-corrected chi connectivity index (χ1v) is 6.99. The maximum atomic E-state index is 12.2. The number of carbonyl (C=O) groups is 2. The zero-order valence-corrected chi connectivity index (χ0v) is 12.7. The van der Waals surface area contributed by atoms with E-state index in [2.05, 4.69) is 15.9 Å². The number of carbonyl (C=O) groups excluding carboxylic acids is 1. The number of carboxylic acid groups (broad SMARTS) is 1. The van der Waals surface area contributed by atoms with Crippen LogP contribution in [-0.4, -0.2) is 34.5 Å². The van der Waals surface area contributed by atoms with Crippen molar-refractivity contribution in [3.63, 3.8) is 0 Å². The Hall–Kier alpha value is -1.36. The molecule has 1 aromatic rings. The molecule has 1 rings (SSSR count). The lowest BCUT2D eigenvalue weighted by Gasteiger charge is -2.27. The molecular formula is C14H18BrNO3. The lowest BCUT2D eigenvalue weighted by molar-refractivity contribution is -0.140. The largest absolute Gasteiger partial charge is 0.481 e. The van der Waals surface area contributed by atoms with Crippen molar-refractivity contribution in [2.24, 2.45) is 0 Å². The summed E-state index contributed by atoms with van der Waals surface area (Å²) in [5.74, 6) is -0.935. The highest BCUT2D eigenvalue weighted by atomic mass is 79.9. The fourth-order valence-corrected chi connectivity index (χ4v) is 2.47. The van der Waals surface area contributed by atoms with Gasteiger partial charge >= 0.3 is 5.97 Å². The van der Waals surface area contributed by atoms with Crippen LogP contribution in [0.4, 0.5) is 0 Å². The molecule has 0 radical (unpaired) electrons. The lowest BCUT2D eigenvalue weighted by Crippen LogP contribution is -2.40. The molecule has 1 unspecified atom stereocenters. The second-order valence-electron chi connectivity index (χ2n) is 4.43. The summed E-state index contributed by atoms with van der Waals surface area (Å²) in [5.41, 5.74) is 0.917. The molecule has 0 fully saturated rings. The van der Waals surface area contributed by atoms with Crippen molar-refractivity contribution in [2.45, 2.75) is 32.7 Å². The van der Waals surface area contributed by atoms with Crippen LogP contribution < -0.4 is 0 Å². The monoisotopic (exact) mass is 327 g/mol. The summed E-state index contributed by atoms with van der Waals surface area (Å²) >= 11 is 3.37. The summed E-state index contributed by atoms with van der Waals surface area (Å²) in [6, 6.07) is 7.27. The predicted octanol–water partition coefficient (Wildman–Crippen LogP) is 2.70. The number of aliphatic carboxylic acids is 1. The standard InChI is InChI=1S/C14H18BrNO3/c1-3-16(10(2)7-14(18)19)13(17)9-11-5-4-6-12(15)8-11/h4-6,8,10H,3,7,9H2,1-2H3,(H,18,19). The third kappa shape index (κ3) is 5.03. The maximum Gasteiger partial charge on any atom is 0.305 e. The summed E-state index contributed by atoms with van der Waals surface area (Å²) in [6.45, 7) is 4.13. The van der Waals surface area contributed by atoms with Gasteiger partial charge in [-0.1, -0.05) is 28.1 Å². The van der Waals surface area contributed by atoms with Crippen molar-refractivity contribution >= 4 is 27.8 Å². The van der Waals surface area contributed by atoms with E-state index in [9.17, 15) is 9.59 Å². The average Bonchev–Trinajstić information content (AvgIpc) is 2.28. The molecule has 19 heavy (non-hydrogen) atoms. The average molecular weight is 328 g/mol. The maximum absolute atomic E-state index is 12.2. The Morgan fingerprint density at radius 2 is 2.11 bits per heavy atom. The van der Waals surface area contributed by atoms with E-state index in [1.807, 2.05) is 31.2 Å². The molecular weight excluding hydrogens is 310 g/mol. The summed E-state index contributed by atoms with van der Waals surface area (Å²) in [7, 11) is 0. The smallest absolute Gasteiger partial charge is 0.305 e. The van der Waals surface area contributed by atoms with Gasteiger partial charge in [0.2, 0.25) is 5.91 Å². The molecule has 1 aromatic carbocycles. The minimum absolute atomic E-state index is 0.0297. The van der Waals surface area contributed by atoms with Gasteiger partial charge in [-0.2, -0.15) is 0 Å². The third-order valence-electron chi connectivity index (χ3n) is 2.91. The predicted molar refractivity (Wildman–Crippen MR) is 76.9 cm³/mol. The van der Waals surface area contributed by atoms with Gasteiger partial charge in [0.1, 0.15) is 0 Å². The Morgan fingerprint density at radius 1 is 1.42 bits per heavy atom. The Bertz CT molecular complexity index is 462. The van der Waals surface area contributed by atoms with Gasteiger partial charge in [-0.15, -0.1) is 0 Å². The number of amides is 1. The normalized spacial score (nSPS) is 11.9. The van der Waals surface area contributed by atoms with Gasteiger partial charge in [0, 0.05) is 17.1 Å². The molecule has 0 aromatic heterocycles. The van der Waals surface area contributed by atoms with Crippen LogP contribution in [0.5, 0.6) is 0 Å². The zero-order chi connectivity index (χ0) is 14.4. The van der Waals surface area contributed by atoms with Crippen LogP contribution in [0.25, 0.3) is 0 Å². The Labute approximate surface area is 121 Å². The molecule has 0 aliphatic heterocycles. The molecule has 1 amide bonds. The fourth-order valence-electron chi connectivity index (χ4n) is 2.02. The van der Waals surface area contributed by atoms with Gasteiger partial charge in [0.05, 0.1) is 12.8 Å². The summed E-state index contributed by atoms with van der Waals surface area (Å²) in [5, 5.41) is 8.79. The van der Waals surface area contributed by atoms with E-state index in [0.717, 1.165) is 10.0 Å². The minimum atomic E-state index is -0.888. The molecule has 0 aliphatic carbocycles. The first kappa shape index (κ1) is 15.7. The number of nitrogens with zero attached hydrogens (tertiary/aromatic N) is 1. The number of hydrogen-bond donors (Lipinski definition) is 1. The molecule has 0 bridgehead atoms. The van der Waals surface area contributed by atoms with E-state index < -0.39 is 5.97 Å². The Balaban J connectivity index is 2.71. The van der Waals surface area contributed by atoms with Crippen LogP contribution in [0, 0.1) is 0 Å². The van der Waals surface area contributed by atoms with Crippen LogP contribution in [-0.2, 0) is 16.0 Å². The molecule has 0 saturated carbocycles. The van der Waals surface area contributed by atoms with Gasteiger partial charge in [0.15, 0.2) is 0 Å². The van der Waals surface area contributed by atoms with E-state index in [1.165, 1.54) is 0 Å². The van der Waals surface area contributed by atoms with Gasteiger partial charge in [-0.25, -0.2) is 0 Å². The highest BCUT2D eigenvalue weighted by molar-refractivity contribution is 9.10. The van der Waals surface area contributed by atoms with E-state index in [1.54, 1.807) is 11.8 Å². The summed E-state index contributed by atoms with van der Waals surface area (Å²) < 4.78 is 0.930. The summed E-state index contributed by atoms with van der Waals surface area (Å²) in [4.78, 5) is 24.5. The molecule has 0 spiro atoms. The lowest BCUT2D eigenvalue weighted by atomic mass is 10.1. The van der Waals surface area contributed by atoms with Crippen LogP contribution >= 0.6 is 15.9 Å². The fraction of sp³-hybridized carbons (Fsp3) is 0.429. The number of rotatable bonds is 6. The number of hydrogen-bond acceptors (Lipinski definition) is 2. The highest BCUT2D eigenvalue weighted by Gasteiger charge is 2.20. The van der Waals surface area contributed by atoms with Crippen molar-refractivity contribution in [1.29, 1.82) is 0 Å². The van der Waals surface area contributed by atoms with Crippen molar-refractivity contribution in [2.75, 3.05) is 6.54 Å². The summed E-state index contributed by atoms with van der Waals surface area (Å²) in [6.07, 6.45) is 0.259. The number of benzene rings is 1. The van der Waals surface area contributed by atoms with Crippen LogP contribution in [0.3, 0.4) is 0 Å². The molecule has 1 atom stereocenters. The van der Waals surface area contributed by atoms with Gasteiger partial charge < -0.3 is 10.0 Å². The van der Waals surface area contributed by atoms with Gasteiger partial charge in [0.25, 0.3) is 0 Å². The Morgan fingerprint density at radius 3 is 2.63 bits per heavy atom. The minimum Gasteiger partial charge on any atom is -0.481 e. The van der Waals surface area contributed by atoms with Crippen LogP contribution in [0.15, 0.2) is 28.7 Å². The molecule has 0 aliphatic rings. The first-order chi connectivity index (χ1) is 8.93. The molecule has 0 heterocycles. The van der Waals surface area contributed by atoms with Gasteiger partial charge in [-0.05, 0) is 31.5 Å². The van der Waals surface area contributed by atoms with Crippen molar-refractivity contribution in [1.82, 2.24) is 4.90 Å². The number of carboxylic acids is 1. The number of halogens is 1. The zero-order valence-electron chi connectivity index (χ0n) is 11.1. The van der Waals surface area contributed by atoms with Gasteiger partial charge in [-0.3, -0.25) is 9.59 Å². The molecule has 5 heteroatoms. The van der Waals surface area contributed by atoms with E-state index in [0.29, 0.717) is 6.54 Å². The molecule has 4 nitrogen and oxygen atoms in total. The SMILES string of the molecule is CCN(C(=O)Cc1cccc(Br)c1)C(C)CC(=O)O. The second kappa shape index (κ2) is 7.28. The van der Waals surface area contributed by atoms with Crippen LogP contribution in [0.2, 0.25) is 0 Å². The van der Waals surface area contributed by atoms with E-state index in [-0.39, 0.29) is 24.8 Å². The number of likely N-dealkylation sites (N-methyl/N-ethyl adjacent to an activating group) is 1. The first-order valence-electron chi connectivity index (χ1n) is 6.19. The highest BCUT2D eigenvalue weighted by Crippen LogP contribution is 2.14. The molecule has 104 valence electrons.